The SMILES string of the molecule is O=C(O)CN1C(=O)COC(c2ccc(Cl)cc2)C1c1cc2ccccc2[nH]1. The molecular formula is C20H17ClN2O4. The summed E-state index contributed by atoms with van der Waals surface area (Å²) in [5.74, 6) is -1.42. The molecule has 2 atom stereocenters. The number of hydrogen-bond donors (Lipinski definition) is 2. The number of H-pyrrole nitrogens is 1. The third kappa shape index (κ3) is 3.41. The van der Waals surface area contributed by atoms with Crippen molar-refractivity contribution in [2.24, 2.45) is 0 Å². The van der Waals surface area contributed by atoms with Gasteiger partial charge in [0.1, 0.15) is 25.3 Å². The van der Waals surface area contributed by atoms with E-state index in [9.17, 15) is 14.7 Å². The van der Waals surface area contributed by atoms with E-state index in [1.807, 2.05) is 42.5 Å². The number of carboxylic acid groups (broad SMARTS) is 1. The lowest BCUT2D eigenvalue weighted by Crippen LogP contribution is -2.47. The summed E-state index contributed by atoms with van der Waals surface area (Å²) >= 11 is 5.99. The molecule has 7 heteroatoms. The molecule has 0 aliphatic carbocycles. The summed E-state index contributed by atoms with van der Waals surface area (Å²) in [6.45, 7) is -0.566. The van der Waals surface area contributed by atoms with Gasteiger partial charge in [0.2, 0.25) is 5.91 Å². The number of nitrogens with one attached hydrogen (secondary N) is 1. The molecule has 1 aromatic heterocycles. The summed E-state index contributed by atoms with van der Waals surface area (Å²) in [6.07, 6.45) is -0.507. The van der Waals surface area contributed by atoms with Crippen LogP contribution in [-0.4, -0.2) is 40.0 Å². The molecule has 6 nitrogen and oxygen atoms in total. The molecule has 0 radical (unpaired) electrons. The van der Waals surface area contributed by atoms with Crippen molar-refractivity contribution in [2.45, 2.75) is 12.1 Å². The topological polar surface area (TPSA) is 82.6 Å². The van der Waals surface area contributed by atoms with Crippen molar-refractivity contribution >= 4 is 34.4 Å². The third-order valence-corrected chi connectivity index (χ3v) is 4.95. The number of aromatic amines is 1. The number of carbonyl (C=O) groups excluding carboxylic acids is 1. The molecule has 0 saturated carbocycles. The zero-order valence-electron chi connectivity index (χ0n) is 14.3. The van der Waals surface area contributed by atoms with Gasteiger partial charge in [-0.2, -0.15) is 0 Å². The van der Waals surface area contributed by atoms with Gasteiger partial charge in [-0.3, -0.25) is 9.59 Å². The van der Waals surface area contributed by atoms with Crippen LogP contribution in [0.25, 0.3) is 10.9 Å². The largest absolute Gasteiger partial charge is 0.480 e. The summed E-state index contributed by atoms with van der Waals surface area (Å²) < 4.78 is 5.84. The average Bonchev–Trinajstić information content (AvgIpc) is 3.07. The number of fused-ring (bicyclic) bond motifs is 1. The summed E-state index contributed by atoms with van der Waals surface area (Å²) in [7, 11) is 0. The monoisotopic (exact) mass is 384 g/mol. The number of aliphatic carboxylic acids is 1. The predicted molar refractivity (Wildman–Crippen MR) is 101 cm³/mol. The van der Waals surface area contributed by atoms with Gasteiger partial charge in [0, 0.05) is 16.2 Å². The van der Waals surface area contributed by atoms with Crippen LogP contribution in [0.4, 0.5) is 0 Å². The lowest BCUT2D eigenvalue weighted by molar-refractivity contribution is -0.164. The Hall–Kier alpha value is -2.83. The molecule has 2 aromatic carbocycles. The third-order valence-electron chi connectivity index (χ3n) is 4.70. The Balaban J connectivity index is 1.82. The number of morpholine rings is 1. The number of carboxylic acids is 1. The molecule has 2 heterocycles. The van der Waals surface area contributed by atoms with Crippen molar-refractivity contribution in [1.82, 2.24) is 9.88 Å². The van der Waals surface area contributed by atoms with Gasteiger partial charge >= 0.3 is 5.97 Å². The zero-order chi connectivity index (χ0) is 19.0. The Labute approximate surface area is 160 Å². The summed E-state index contributed by atoms with van der Waals surface area (Å²) in [6, 6.07) is 16.2. The van der Waals surface area contributed by atoms with Crippen LogP contribution in [0.3, 0.4) is 0 Å². The van der Waals surface area contributed by atoms with Crippen LogP contribution in [0.1, 0.15) is 23.4 Å². The summed E-state index contributed by atoms with van der Waals surface area (Å²) in [4.78, 5) is 28.5. The first-order valence-electron chi connectivity index (χ1n) is 8.49. The van der Waals surface area contributed by atoms with E-state index in [1.54, 1.807) is 12.1 Å². The Morgan fingerprint density at radius 3 is 2.67 bits per heavy atom. The summed E-state index contributed by atoms with van der Waals surface area (Å²) in [5, 5.41) is 10.9. The van der Waals surface area contributed by atoms with Gasteiger partial charge in [0.05, 0.1) is 0 Å². The highest BCUT2D eigenvalue weighted by Gasteiger charge is 2.40. The number of carbonyl (C=O) groups is 2. The van der Waals surface area contributed by atoms with Crippen LogP contribution in [0.5, 0.6) is 0 Å². The maximum Gasteiger partial charge on any atom is 0.323 e. The molecule has 1 aliphatic rings. The van der Waals surface area contributed by atoms with E-state index in [-0.39, 0.29) is 12.5 Å². The van der Waals surface area contributed by atoms with Gasteiger partial charge < -0.3 is 19.7 Å². The highest BCUT2D eigenvalue weighted by Crippen LogP contribution is 2.40. The zero-order valence-corrected chi connectivity index (χ0v) is 15.0. The molecule has 1 aliphatic heterocycles. The second kappa shape index (κ2) is 7.06. The fraction of sp³-hybridized carbons (Fsp3) is 0.200. The van der Waals surface area contributed by atoms with E-state index in [2.05, 4.69) is 4.98 Å². The predicted octanol–water partition coefficient (Wildman–Crippen LogP) is 3.55. The molecular weight excluding hydrogens is 368 g/mol. The number of benzene rings is 2. The van der Waals surface area contributed by atoms with E-state index >= 15 is 0 Å². The van der Waals surface area contributed by atoms with Crippen molar-refractivity contribution in [1.29, 1.82) is 0 Å². The van der Waals surface area contributed by atoms with Gasteiger partial charge in [-0.15, -0.1) is 0 Å². The smallest absolute Gasteiger partial charge is 0.323 e. The number of nitrogens with zero attached hydrogens (tertiary/aromatic N) is 1. The molecule has 0 bridgehead atoms. The number of halogens is 1. The minimum Gasteiger partial charge on any atom is -0.480 e. The molecule has 2 unspecified atom stereocenters. The molecule has 1 amide bonds. The van der Waals surface area contributed by atoms with Crippen molar-refractivity contribution in [2.75, 3.05) is 13.2 Å². The van der Waals surface area contributed by atoms with E-state index in [0.717, 1.165) is 22.2 Å². The first-order chi connectivity index (χ1) is 13.0. The Kier molecular flexibility index (Phi) is 4.59. The van der Waals surface area contributed by atoms with E-state index in [1.165, 1.54) is 4.90 Å². The van der Waals surface area contributed by atoms with Gasteiger partial charge in [-0.05, 0) is 35.2 Å². The molecule has 1 saturated heterocycles. The highest BCUT2D eigenvalue weighted by molar-refractivity contribution is 6.30. The molecule has 138 valence electrons. The maximum atomic E-state index is 12.5. The second-order valence-corrected chi connectivity index (χ2v) is 6.89. The summed E-state index contributed by atoms with van der Waals surface area (Å²) in [5.41, 5.74) is 2.46. The number of amides is 1. The highest BCUT2D eigenvalue weighted by atomic mass is 35.5. The number of hydrogen-bond acceptors (Lipinski definition) is 3. The molecule has 3 aromatic rings. The van der Waals surface area contributed by atoms with Crippen LogP contribution in [0, 0.1) is 0 Å². The Bertz CT molecular complexity index is 966. The van der Waals surface area contributed by atoms with Gasteiger partial charge in [-0.1, -0.05) is 41.9 Å². The first kappa shape index (κ1) is 17.6. The van der Waals surface area contributed by atoms with E-state index in [0.29, 0.717) is 5.02 Å². The van der Waals surface area contributed by atoms with Crippen LogP contribution in [0.2, 0.25) is 5.02 Å². The lowest BCUT2D eigenvalue weighted by atomic mass is 9.96. The van der Waals surface area contributed by atoms with Crippen LogP contribution in [-0.2, 0) is 14.3 Å². The Morgan fingerprint density at radius 1 is 1.22 bits per heavy atom. The number of aromatic nitrogens is 1. The van der Waals surface area contributed by atoms with Gasteiger partial charge in [-0.25, -0.2) is 0 Å². The minimum absolute atomic E-state index is 0.169. The van der Waals surface area contributed by atoms with E-state index in [4.69, 9.17) is 16.3 Å². The molecule has 0 spiro atoms. The fourth-order valence-electron chi connectivity index (χ4n) is 3.50. The molecule has 2 N–H and O–H groups in total. The molecule has 4 rings (SSSR count). The average molecular weight is 385 g/mol. The normalized spacial score (nSPS) is 20.2. The second-order valence-electron chi connectivity index (χ2n) is 6.46. The van der Waals surface area contributed by atoms with Crippen molar-refractivity contribution in [3.8, 4) is 0 Å². The minimum atomic E-state index is -1.07. The van der Waals surface area contributed by atoms with Gasteiger partial charge in [0.25, 0.3) is 0 Å². The lowest BCUT2D eigenvalue weighted by Gasteiger charge is -2.40. The first-order valence-corrected chi connectivity index (χ1v) is 8.87. The number of ether oxygens (including phenoxy) is 1. The van der Waals surface area contributed by atoms with Crippen molar-refractivity contribution in [3.05, 3.63) is 70.9 Å². The van der Waals surface area contributed by atoms with Gasteiger partial charge in [0.15, 0.2) is 0 Å². The van der Waals surface area contributed by atoms with Crippen LogP contribution < -0.4 is 0 Å². The fourth-order valence-corrected chi connectivity index (χ4v) is 3.63. The van der Waals surface area contributed by atoms with Crippen molar-refractivity contribution < 1.29 is 19.4 Å². The molecule has 1 fully saturated rings. The quantitative estimate of drug-likeness (QED) is 0.720. The standard InChI is InChI=1S/C20H17ClN2O4/c21-14-7-5-12(6-8-14)20-19(23(10-18(25)26)17(24)11-27-20)16-9-13-3-1-2-4-15(13)22-16/h1-9,19-20,22H,10-11H2,(H,25,26). The maximum absolute atomic E-state index is 12.5. The molecule has 27 heavy (non-hydrogen) atoms. The van der Waals surface area contributed by atoms with Crippen LogP contribution >= 0.6 is 11.6 Å². The number of para-hydroxylation sites is 1. The number of rotatable bonds is 4. The Morgan fingerprint density at radius 2 is 1.96 bits per heavy atom. The van der Waals surface area contributed by atoms with Crippen LogP contribution in [0.15, 0.2) is 54.6 Å². The van der Waals surface area contributed by atoms with Crippen molar-refractivity contribution in [3.63, 3.8) is 0 Å². The van der Waals surface area contributed by atoms with E-state index < -0.39 is 24.7 Å².